The first-order valence-electron chi connectivity index (χ1n) is 4.72. The molecule has 0 amide bonds. The molecule has 0 spiro atoms. The molecule has 0 aromatic carbocycles. The van der Waals surface area contributed by atoms with E-state index in [9.17, 15) is 0 Å². The summed E-state index contributed by atoms with van der Waals surface area (Å²) in [6.07, 6.45) is 4.63. The molecule has 0 N–H and O–H groups in total. The molecule has 0 aliphatic carbocycles. The number of rotatable bonds is 3. The molecule has 0 unspecified atom stereocenters. The van der Waals surface area contributed by atoms with Crippen LogP contribution in [0, 0.1) is 22.7 Å². The van der Waals surface area contributed by atoms with Crippen LogP contribution >= 0.6 is 11.6 Å². The summed E-state index contributed by atoms with van der Waals surface area (Å²) in [5.74, 6) is 0. The van der Waals surface area contributed by atoms with E-state index in [0.717, 1.165) is 0 Å². The smallest absolute Gasteiger partial charge is 0.147 e. The minimum Gasteiger partial charge on any atom is -0.328 e. The van der Waals surface area contributed by atoms with E-state index < -0.39 is 0 Å². The van der Waals surface area contributed by atoms with Crippen molar-refractivity contribution in [3.63, 3.8) is 0 Å². The molecule has 0 aliphatic heterocycles. The lowest BCUT2D eigenvalue weighted by Gasteiger charge is -2.03. The monoisotopic (exact) mass is 244 g/mol. The van der Waals surface area contributed by atoms with E-state index >= 15 is 0 Å². The lowest BCUT2D eigenvalue weighted by molar-refractivity contribution is 0.761. The summed E-state index contributed by atoms with van der Waals surface area (Å²) in [6.45, 7) is 4.17. The molecule has 1 aromatic heterocycles. The Morgan fingerprint density at radius 3 is 2.76 bits per heavy atom. The predicted molar refractivity (Wildman–Crippen MR) is 64.5 cm³/mol. The third-order valence-electron chi connectivity index (χ3n) is 1.86. The molecule has 1 heterocycles. The van der Waals surface area contributed by atoms with Crippen molar-refractivity contribution in [2.75, 3.05) is 0 Å². The van der Waals surface area contributed by atoms with Crippen molar-refractivity contribution < 1.29 is 0 Å². The molecule has 0 radical (unpaired) electrons. The van der Waals surface area contributed by atoms with Crippen LogP contribution in [0.3, 0.4) is 0 Å². The molecule has 84 valence electrons. The Morgan fingerprint density at radius 2 is 2.18 bits per heavy atom. The number of aromatic nitrogens is 1. The maximum Gasteiger partial charge on any atom is 0.147 e. The molecular formula is C12H9ClN4. The maximum atomic E-state index is 8.58. The Hall–Kier alpha value is -2.30. The molecule has 0 saturated heterocycles. The lowest BCUT2D eigenvalue weighted by Crippen LogP contribution is -2.18. The number of nitriles is 2. The molecule has 0 aliphatic rings. The Kier molecular flexibility index (Phi) is 4.75. The number of pyridine rings is 1. The highest BCUT2D eigenvalue weighted by molar-refractivity contribution is 6.30. The SMILES string of the molecule is C=CCn1cc(Cl)ccc1=NC=C(C#N)C#N. The van der Waals surface area contributed by atoms with E-state index in [4.69, 9.17) is 22.1 Å². The van der Waals surface area contributed by atoms with E-state index in [1.165, 1.54) is 6.20 Å². The van der Waals surface area contributed by atoms with Gasteiger partial charge in [0.05, 0.1) is 11.2 Å². The number of halogens is 1. The molecule has 17 heavy (non-hydrogen) atoms. The molecule has 0 saturated carbocycles. The number of hydrogen-bond donors (Lipinski definition) is 0. The van der Waals surface area contributed by atoms with Crippen LogP contribution < -0.4 is 5.49 Å². The number of hydrogen-bond acceptors (Lipinski definition) is 3. The molecule has 0 fully saturated rings. The standard InChI is InChI=1S/C12H9ClN4/c1-2-5-17-9-11(13)3-4-12(17)16-8-10(6-14)7-15/h2-4,8-9H,1,5H2. The fourth-order valence-corrected chi connectivity index (χ4v) is 1.30. The number of nitrogens with zero attached hydrogens (tertiary/aromatic N) is 4. The minimum atomic E-state index is -0.0508. The van der Waals surface area contributed by atoms with Crippen LogP contribution in [0.15, 0.2) is 47.7 Å². The Balaban J connectivity index is 3.27. The second-order valence-electron chi connectivity index (χ2n) is 3.04. The van der Waals surface area contributed by atoms with Crippen molar-refractivity contribution >= 4 is 11.6 Å². The van der Waals surface area contributed by atoms with E-state index in [1.54, 1.807) is 41.1 Å². The first-order valence-corrected chi connectivity index (χ1v) is 5.10. The van der Waals surface area contributed by atoms with Gasteiger partial charge in [-0.2, -0.15) is 10.5 Å². The molecular weight excluding hydrogens is 236 g/mol. The van der Waals surface area contributed by atoms with Gasteiger partial charge in [-0.1, -0.05) is 17.7 Å². The van der Waals surface area contributed by atoms with E-state index in [0.29, 0.717) is 17.1 Å². The van der Waals surface area contributed by atoms with Crippen LogP contribution in [0.1, 0.15) is 0 Å². The van der Waals surface area contributed by atoms with Gasteiger partial charge in [0.15, 0.2) is 0 Å². The van der Waals surface area contributed by atoms with Crippen molar-refractivity contribution in [1.29, 1.82) is 10.5 Å². The highest BCUT2D eigenvalue weighted by atomic mass is 35.5. The Morgan fingerprint density at radius 1 is 1.47 bits per heavy atom. The molecule has 0 bridgehead atoms. The molecule has 1 aromatic rings. The third-order valence-corrected chi connectivity index (χ3v) is 2.08. The highest BCUT2D eigenvalue weighted by Crippen LogP contribution is 2.03. The second-order valence-corrected chi connectivity index (χ2v) is 3.48. The van der Waals surface area contributed by atoms with Crippen molar-refractivity contribution in [3.05, 3.63) is 53.3 Å². The fraction of sp³-hybridized carbons (Fsp3) is 0.0833. The summed E-state index contributed by atoms with van der Waals surface area (Å²) in [7, 11) is 0. The summed E-state index contributed by atoms with van der Waals surface area (Å²) in [4.78, 5) is 4.06. The highest BCUT2D eigenvalue weighted by Gasteiger charge is 1.94. The quantitative estimate of drug-likeness (QED) is 0.604. The maximum absolute atomic E-state index is 8.58. The molecule has 0 atom stereocenters. The number of allylic oxidation sites excluding steroid dienone is 2. The van der Waals surface area contributed by atoms with Gasteiger partial charge in [0.2, 0.25) is 0 Å². The summed E-state index contributed by atoms with van der Waals surface area (Å²) in [5.41, 5.74) is 0.544. The van der Waals surface area contributed by atoms with Crippen molar-refractivity contribution in [1.82, 2.24) is 4.57 Å². The predicted octanol–water partition coefficient (Wildman–Crippen LogP) is 2.16. The van der Waals surface area contributed by atoms with E-state index in [-0.39, 0.29) is 5.57 Å². The fourth-order valence-electron chi connectivity index (χ4n) is 1.12. The zero-order valence-corrected chi connectivity index (χ0v) is 9.72. The first kappa shape index (κ1) is 12.8. The molecule has 5 heteroatoms. The van der Waals surface area contributed by atoms with Crippen LogP contribution in [0.2, 0.25) is 5.02 Å². The summed E-state index contributed by atoms with van der Waals surface area (Å²) < 4.78 is 1.76. The van der Waals surface area contributed by atoms with Crippen molar-refractivity contribution in [3.8, 4) is 12.1 Å². The minimum absolute atomic E-state index is 0.0508. The largest absolute Gasteiger partial charge is 0.328 e. The topological polar surface area (TPSA) is 64.9 Å². The summed E-state index contributed by atoms with van der Waals surface area (Å²) in [6, 6.07) is 6.86. The average Bonchev–Trinajstić information content (AvgIpc) is 2.33. The third kappa shape index (κ3) is 3.64. The van der Waals surface area contributed by atoms with Gasteiger partial charge in [-0.15, -0.1) is 6.58 Å². The molecule has 1 rings (SSSR count). The first-order chi connectivity index (χ1) is 8.21. The van der Waals surface area contributed by atoms with E-state index in [2.05, 4.69) is 11.6 Å². The second kappa shape index (κ2) is 6.32. The lowest BCUT2D eigenvalue weighted by atomic mass is 10.4. The van der Waals surface area contributed by atoms with E-state index in [1.807, 2.05) is 0 Å². The van der Waals surface area contributed by atoms with Gasteiger partial charge in [-0.25, -0.2) is 4.99 Å². The van der Waals surface area contributed by atoms with Crippen LogP contribution in [0.25, 0.3) is 0 Å². The zero-order valence-electron chi connectivity index (χ0n) is 8.97. The van der Waals surface area contributed by atoms with Gasteiger partial charge in [-0.05, 0) is 12.1 Å². The normalized spacial score (nSPS) is 10.2. The Bertz CT molecular complexity index is 580. The summed E-state index contributed by atoms with van der Waals surface area (Å²) in [5, 5.41) is 17.7. The van der Waals surface area contributed by atoms with Gasteiger partial charge in [0.1, 0.15) is 23.2 Å². The van der Waals surface area contributed by atoms with Crippen LogP contribution in [0.5, 0.6) is 0 Å². The summed E-state index contributed by atoms with van der Waals surface area (Å²) >= 11 is 5.85. The van der Waals surface area contributed by atoms with Gasteiger partial charge < -0.3 is 4.57 Å². The van der Waals surface area contributed by atoms with Crippen molar-refractivity contribution in [2.45, 2.75) is 6.54 Å². The van der Waals surface area contributed by atoms with Gasteiger partial charge in [0, 0.05) is 12.7 Å². The van der Waals surface area contributed by atoms with Gasteiger partial charge in [-0.3, -0.25) is 0 Å². The van der Waals surface area contributed by atoms with Gasteiger partial charge in [0.25, 0.3) is 0 Å². The van der Waals surface area contributed by atoms with Crippen molar-refractivity contribution in [2.24, 2.45) is 4.99 Å². The van der Waals surface area contributed by atoms with Crippen LogP contribution in [-0.4, -0.2) is 4.57 Å². The van der Waals surface area contributed by atoms with Crippen LogP contribution in [-0.2, 0) is 6.54 Å². The zero-order chi connectivity index (χ0) is 12.7. The molecule has 4 nitrogen and oxygen atoms in total. The Labute approximate surface area is 104 Å². The average molecular weight is 245 g/mol. The van der Waals surface area contributed by atoms with Gasteiger partial charge >= 0.3 is 0 Å². The van der Waals surface area contributed by atoms with Crippen LogP contribution in [0.4, 0.5) is 0 Å².